The summed E-state index contributed by atoms with van der Waals surface area (Å²) in [4.78, 5) is 15.8. The van der Waals surface area contributed by atoms with E-state index >= 15 is 0 Å². The van der Waals surface area contributed by atoms with Crippen LogP contribution in [-0.2, 0) is 9.63 Å². The molecule has 1 atom stereocenters. The standard InChI is InChI=1S/C11H19F2NO3/c1-14(17-2)10(16)11(12,13)9(15)8-6-4-3-5-7-8/h8-9,15H,3-7H2,1-2H3. The van der Waals surface area contributed by atoms with Crippen molar-refractivity contribution in [1.82, 2.24) is 5.06 Å². The minimum Gasteiger partial charge on any atom is -0.386 e. The predicted molar refractivity (Wildman–Crippen MR) is 57.3 cm³/mol. The van der Waals surface area contributed by atoms with Gasteiger partial charge in [-0.2, -0.15) is 8.78 Å². The summed E-state index contributed by atoms with van der Waals surface area (Å²) in [6.07, 6.45) is 1.81. The van der Waals surface area contributed by atoms with Crippen LogP contribution in [0.1, 0.15) is 32.1 Å². The highest BCUT2D eigenvalue weighted by atomic mass is 19.3. The van der Waals surface area contributed by atoms with Crippen molar-refractivity contribution in [2.75, 3.05) is 14.2 Å². The smallest absolute Gasteiger partial charge is 0.352 e. The molecule has 1 aliphatic rings. The summed E-state index contributed by atoms with van der Waals surface area (Å²) in [7, 11) is 2.23. The van der Waals surface area contributed by atoms with Crippen LogP contribution in [0.2, 0.25) is 0 Å². The van der Waals surface area contributed by atoms with Gasteiger partial charge in [0.25, 0.3) is 0 Å². The van der Waals surface area contributed by atoms with Gasteiger partial charge in [-0.15, -0.1) is 0 Å². The highest BCUT2D eigenvalue weighted by Gasteiger charge is 2.51. The Balaban J connectivity index is 2.70. The van der Waals surface area contributed by atoms with E-state index in [1.54, 1.807) is 0 Å². The fourth-order valence-corrected chi connectivity index (χ4v) is 2.17. The lowest BCUT2D eigenvalue weighted by Gasteiger charge is -2.32. The molecule has 0 aromatic carbocycles. The van der Waals surface area contributed by atoms with Crippen LogP contribution in [0, 0.1) is 5.92 Å². The highest BCUT2D eigenvalue weighted by Crippen LogP contribution is 2.34. The molecule has 0 aliphatic heterocycles. The number of halogens is 2. The third-order valence-electron chi connectivity index (χ3n) is 3.31. The van der Waals surface area contributed by atoms with Crippen molar-refractivity contribution in [2.45, 2.75) is 44.1 Å². The molecule has 0 aromatic rings. The van der Waals surface area contributed by atoms with Crippen LogP contribution in [-0.4, -0.2) is 42.3 Å². The van der Waals surface area contributed by atoms with E-state index in [1.165, 1.54) is 0 Å². The summed E-state index contributed by atoms with van der Waals surface area (Å²) in [6.45, 7) is 0. The predicted octanol–water partition coefficient (Wildman–Crippen LogP) is 1.58. The molecular formula is C11H19F2NO3. The van der Waals surface area contributed by atoms with Crippen molar-refractivity contribution in [3.05, 3.63) is 0 Å². The third-order valence-corrected chi connectivity index (χ3v) is 3.31. The summed E-state index contributed by atoms with van der Waals surface area (Å²) >= 11 is 0. The summed E-state index contributed by atoms with van der Waals surface area (Å²) in [5.74, 6) is -5.79. The molecule has 4 nitrogen and oxygen atoms in total. The Labute approximate surface area is 99.5 Å². The molecule has 1 N–H and O–H groups in total. The number of hydrogen-bond acceptors (Lipinski definition) is 3. The van der Waals surface area contributed by atoms with Crippen molar-refractivity contribution in [3.8, 4) is 0 Å². The topological polar surface area (TPSA) is 49.8 Å². The molecule has 1 fully saturated rings. The number of carbonyl (C=O) groups is 1. The summed E-state index contributed by atoms with van der Waals surface area (Å²) in [5.41, 5.74) is 0. The quantitative estimate of drug-likeness (QED) is 0.772. The molecular weight excluding hydrogens is 232 g/mol. The molecule has 0 bridgehead atoms. The summed E-state index contributed by atoms with van der Waals surface area (Å²) in [5, 5.41) is 10.1. The highest BCUT2D eigenvalue weighted by molar-refractivity contribution is 5.83. The minimum atomic E-state index is -3.78. The monoisotopic (exact) mass is 251 g/mol. The van der Waals surface area contributed by atoms with E-state index in [0.717, 1.165) is 33.4 Å². The Morgan fingerprint density at radius 1 is 1.41 bits per heavy atom. The molecule has 0 spiro atoms. The van der Waals surface area contributed by atoms with Crippen LogP contribution in [0.3, 0.4) is 0 Å². The Bertz CT molecular complexity index is 267. The summed E-state index contributed by atoms with van der Waals surface area (Å²) < 4.78 is 27.4. The first-order chi connectivity index (χ1) is 7.91. The Kier molecular flexibility index (Phi) is 4.82. The second-order valence-corrected chi connectivity index (χ2v) is 4.45. The normalized spacial score (nSPS) is 20.1. The number of nitrogens with zero attached hydrogens (tertiary/aromatic N) is 1. The van der Waals surface area contributed by atoms with Gasteiger partial charge in [0.1, 0.15) is 6.10 Å². The van der Waals surface area contributed by atoms with Crippen LogP contribution >= 0.6 is 0 Å². The Morgan fingerprint density at radius 2 is 1.94 bits per heavy atom. The molecule has 1 unspecified atom stereocenters. The van der Waals surface area contributed by atoms with Gasteiger partial charge in [0.15, 0.2) is 0 Å². The van der Waals surface area contributed by atoms with Crippen molar-refractivity contribution >= 4 is 5.91 Å². The van der Waals surface area contributed by atoms with Crippen LogP contribution in [0.4, 0.5) is 8.78 Å². The maximum absolute atomic E-state index is 13.7. The fourth-order valence-electron chi connectivity index (χ4n) is 2.17. The molecule has 1 amide bonds. The van der Waals surface area contributed by atoms with Gasteiger partial charge in [-0.05, 0) is 18.8 Å². The number of aliphatic hydroxyl groups excluding tert-OH is 1. The van der Waals surface area contributed by atoms with Gasteiger partial charge >= 0.3 is 11.8 Å². The van der Waals surface area contributed by atoms with Gasteiger partial charge in [0.05, 0.1) is 7.11 Å². The second-order valence-electron chi connectivity index (χ2n) is 4.45. The van der Waals surface area contributed by atoms with Crippen LogP contribution < -0.4 is 0 Å². The third kappa shape index (κ3) is 3.13. The molecule has 0 heterocycles. The first-order valence-corrected chi connectivity index (χ1v) is 5.79. The first kappa shape index (κ1) is 14.3. The zero-order chi connectivity index (χ0) is 13.1. The number of aliphatic hydroxyl groups is 1. The van der Waals surface area contributed by atoms with E-state index < -0.39 is 23.9 Å². The second kappa shape index (κ2) is 5.73. The molecule has 1 aliphatic carbocycles. The number of rotatable bonds is 4. The van der Waals surface area contributed by atoms with Crippen molar-refractivity contribution < 1.29 is 23.5 Å². The van der Waals surface area contributed by atoms with Gasteiger partial charge in [-0.1, -0.05) is 19.3 Å². The van der Waals surface area contributed by atoms with Gasteiger partial charge in [0, 0.05) is 7.05 Å². The average molecular weight is 251 g/mol. The lowest BCUT2D eigenvalue weighted by Crippen LogP contribution is -2.51. The van der Waals surface area contributed by atoms with Crippen LogP contribution in [0.15, 0.2) is 0 Å². The zero-order valence-electron chi connectivity index (χ0n) is 10.2. The summed E-state index contributed by atoms with van der Waals surface area (Å²) in [6, 6.07) is 0. The largest absolute Gasteiger partial charge is 0.386 e. The number of hydrogen-bond donors (Lipinski definition) is 1. The van der Waals surface area contributed by atoms with Gasteiger partial charge in [0.2, 0.25) is 0 Å². The molecule has 0 aromatic heterocycles. The van der Waals surface area contributed by atoms with E-state index in [4.69, 9.17) is 0 Å². The van der Waals surface area contributed by atoms with E-state index in [-0.39, 0.29) is 0 Å². The minimum absolute atomic E-state index is 0.450. The van der Waals surface area contributed by atoms with Crippen molar-refractivity contribution in [1.29, 1.82) is 0 Å². The van der Waals surface area contributed by atoms with Gasteiger partial charge < -0.3 is 5.11 Å². The number of carbonyl (C=O) groups excluding carboxylic acids is 1. The molecule has 0 radical (unpaired) electrons. The number of alkyl halides is 2. The lowest BCUT2D eigenvalue weighted by molar-refractivity contribution is -0.213. The maximum atomic E-state index is 13.7. The zero-order valence-corrected chi connectivity index (χ0v) is 10.2. The maximum Gasteiger partial charge on any atom is 0.352 e. The SMILES string of the molecule is CON(C)C(=O)C(F)(F)C(O)C1CCCCC1. The molecule has 1 saturated carbocycles. The van der Waals surface area contributed by atoms with Crippen molar-refractivity contribution in [2.24, 2.45) is 5.92 Å². The average Bonchev–Trinajstić information content (AvgIpc) is 2.36. The van der Waals surface area contributed by atoms with E-state index in [9.17, 15) is 18.7 Å². The van der Waals surface area contributed by atoms with E-state index in [1.807, 2.05) is 0 Å². The number of hydroxylamine groups is 2. The van der Waals surface area contributed by atoms with E-state index in [0.29, 0.717) is 17.9 Å². The molecule has 0 saturated heterocycles. The van der Waals surface area contributed by atoms with Gasteiger partial charge in [-0.25, -0.2) is 5.06 Å². The van der Waals surface area contributed by atoms with Crippen LogP contribution in [0.5, 0.6) is 0 Å². The molecule has 6 heteroatoms. The number of amides is 1. The van der Waals surface area contributed by atoms with Gasteiger partial charge in [-0.3, -0.25) is 9.63 Å². The molecule has 1 rings (SSSR count). The molecule has 17 heavy (non-hydrogen) atoms. The fraction of sp³-hybridized carbons (Fsp3) is 0.909. The molecule has 100 valence electrons. The Morgan fingerprint density at radius 3 is 2.41 bits per heavy atom. The van der Waals surface area contributed by atoms with Crippen molar-refractivity contribution in [3.63, 3.8) is 0 Å². The lowest BCUT2D eigenvalue weighted by atomic mass is 9.83. The van der Waals surface area contributed by atoms with E-state index in [2.05, 4.69) is 4.84 Å². The van der Waals surface area contributed by atoms with Crippen LogP contribution in [0.25, 0.3) is 0 Å². The Hall–Kier alpha value is -0.750. The first-order valence-electron chi connectivity index (χ1n) is 5.79.